The van der Waals surface area contributed by atoms with Gasteiger partial charge in [-0.2, -0.15) is 0 Å². The van der Waals surface area contributed by atoms with Gasteiger partial charge in [-0.05, 0) is 31.5 Å². The summed E-state index contributed by atoms with van der Waals surface area (Å²) in [5, 5.41) is 3.31. The molecule has 0 saturated carbocycles. The minimum Gasteiger partial charge on any atom is -0.441 e. The molecule has 8 heteroatoms. The lowest BCUT2D eigenvalue weighted by molar-refractivity contribution is -0.133. The lowest BCUT2D eigenvalue weighted by Crippen LogP contribution is -2.42. The standard InChI is InChI=1S/C19H24FN3O2.2ClH/c1-2-11-23(14-9-10-21-12-14)19(24)8-7-18-22-13-17(25-18)15-5-3-4-6-16(15)20;;/h3-6,13-14,21H,2,7-12H2,1H3;2*1H. The normalized spacial score (nSPS) is 15.7. The molecule has 0 bridgehead atoms. The Labute approximate surface area is 171 Å². The second-order valence-corrected chi connectivity index (χ2v) is 6.33. The van der Waals surface area contributed by atoms with Crippen LogP contribution in [0.15, 0.2) is 34.9 Å². The number of aromatic nitrogens is 1. The lowest BCUT2D eigenvalue weighted by Gasteiger charge is -2.28. The van der Waals surface area contributed by atoms with Gasteiger partial charge in [0.1, 0.15) is 5.82 Å². The predicted octanol–water partition coefficient (Wildman–Crippen LogP) is 3.86. The fraction of sp³-hybridized carbons (Fsp3) is 0.474. The third-order valence-electron chi connectivity index (χ3n) is 4.51. The first-order valence-electron chi connectivity index (χ1n) is 8.89. The Morgan fingerprint density at radius 3 is 2.81 bits per heavy atom. The summed E-state index contributed by atoms with van der Waals surface area (Å²) in [6.45, 7) is 4.68. The van der Waals surface area contributed by atoms with E-state index in [2.05, 4.69) is 17.2 Å². The van der Waals surface area contributed by atoms with E-state index in [-0.39, 0.29) is 42.6 Å². The van der Waals surface area contributed by atoms with Crippen molar-refractivity contribution in [3.8, 4) is 11.3 Å². The number of carbonyl (C=O) groups is 1. The van der Waals surface area contributed by atoms with Crippen molar-refractivity contribution in [3.63, 3.8) is 0 Å². The summed E-state index contributed by atoms with van der Waals surface area (Å²) in [5.74, 6) is 0.642. The number of rotatable bonds is 7. The molecule has 2 heterocycles. The average molecular weight is 418 g/mol. The summed E-state index contributed by atoms with van der Waals surface area (Å²) in [6, 6.07) is 6.71. The van der Waals surface area contributed by atoms with Gasteiger partial charge in [0.05, 0.1) is 11.8 Å². The maximum Gasteiger partial charge on any atom is 0.223 e. The summed E-state index contributed by atoms with van der Waals surface area (Å²) < 4.78 is 19.4. The first-order chi connectivity index (χ1) is 12.2. The number of oxazole rings is 1. The molecule has 27 heavy (non-hydrogen) atoms. The molecule has 0 spiro atoms. The van der Waals surface area contributed by atoms with Crippen LogP contribution in [0.4, 0.5) is 4.39 Å². The topological polar surface area (TPSA) is 58.4 Å². The van der Waals surface area contributed by atoms with Crippen LogP contribution < -0.4 is 5.32 Å². The zero-order valence-electron chi connectivity index (χ0n) is 15.3. The van der Waals surface area contributed by atoms with Crippen LogP contribution in [0.5, 0.6) is 0 Å². The Morgan fingerprint density at radius 1 is 1.37 bits per heavy atom. The van der Waals surface area contributed by atoms with E-state index < -0.39 is 0 Å². The van der Waals surface area contributed by atoms with Gasteiger partial charge in [-0.1, -0.05) is 19.1 Å². The van der Waals surface area contributed by atoms with Crippen LogP contribution in [0.1, 0.15) is 32.1 Å². The minimum atomic E-state index is -0.343. The number of nitrogens with one attached hydrogen (secondary N) is 1. The van der Waals surface area contributed by atoms with E-state index in [9.17, 15) is 9.18 Å². The molecule has 1 amide bonds. The van der Waals surface area contributed by atoms with Gasteiger partial charge < -0.3 is 14.6 Å². The molecule has 1 N–H and O–H groups in total. The second-order valence-electron chi connectivity index (χ2n) is 6.33. The molecule has 1 aromatic carbocycles. The molecule has 1 atom stereocenters. The van der Waals surface area contributed by atoms with Crippen molar-refractivity contribution < 1.29 is 13.6 Å². The van der Waals surface area contributed by atoms with E-state index in [1.165, 1.54) is 12.3 Å². The smallest absolute Gasteiger partial charge is 0.223 e. The fourth-order valence-corrected chi connectivity index (χ4v) is 3.23. The number of nitrogens with zero attached hydrogens (tertiary/aromatic N) is 2. The SMILES string of the molecule is CCCN(C(=O)CCc1ncc(-c2ccccc2F)o1)C1CCNC1.Cl.Cl. The molecule has 1 aliphatic rings. The van der Waals surface area contributed by atoms with Gasteiger partial charge in [0.15, 0.2) is 11.7 Å². The highest BCUT2D eigenvalue weighted by molar-refractivity contribution is 5.85. The monoisotopic (exact) mass is 417 g/mol. The van der Waals surface area contributed by atoms with Gasteiger partial charge in [0.2, 0.25) is 5.91 Å². The summed E-state index contributed by atoms with van der Waals surface area (Å²) >= 11 is 0. The molecule has 1 aromatic heterocycles. The molecule has 5 nitrogen and oxygen atoms in total. The van der Waals surface area contributed by atoms with E-state index in [1.807, 2.05) is 4.90 Å². The van der Waals surface area contributed by atoms with Gasteiger partial charge in [-0.25, -0.2) is 9.37 Å². The van der Waals surface area contributed by atoms with Gasteiger partial charge in [-0.15, -0.1) is 24.8 Å². The van der Waals surface area contributed by atoms with Crippen molar-refractivity contribution in [2.24, 2.45) is 0 Å². The number of amides is 1. The predicted molar refractivity (Wildman–Crippen MR) is 108 cm³/mol. The highest BCUT2D eigenvalue weighted by Crippen LogP contribution is 2.23. The van der Waals surface area contributed by atoms with E-state index in [4.69, 9.17) is 4.42 Å². The molecule has 0 aliphatic carbocycles. The van der Waals surface area contributed by atoms with Gasteiger partial charge in [0, 0.05) is 32.0 Å². The van der Waals surface area contributed by atoms with Crippen molar-refractivity contribution in [3.05, 3.63) is 42.2 Å². The Bertz CT molecular complexity index is 720. The Balaban J connectivity index is 0.00000182. The number of halogens is 3. The molecule has 1 saturated heterocycles. The zero-order chi connectivity index (χ0) is 17.6. The number of hydrogen-bond acceptors (Lipinski definition) is 4. The molecule has 3 rings (SSSR count). The molecule has 1 aliphatic heterocycles. The van der Waals surface area contributed by atoms with Crippen LogP contribution >= 0.6 is 24.8 Å². The second kappa shape index (κ2) is 11.3. The Hall–Kier alpha value is -1.63. The van der Waals surface area contributed by atoms with Crippen LogP contribution in [0.25, 0.3) is 11.3 Å². The van der Waals surface area contributed by atoms with Crippen molar-refractivity contribution in [2.45, 2.75) is 38.6 Å². The third kappa shape index (κ3) is 5.92. The fourth-order valence-electron chi connectivity index (χ4n) is 3.23. The van der Waals surface area contributed by atoms with E-state index in [1.54, 1.807) is 18.2 Å². The number of hydrogen-bond donors (Lipinski definition) is 1. The Kier molecular flexibility index (Phi) is 9.77. The van der Waals surface area contributed by atoms with Crippen LogP contribution in [-0.2, 0) is 11.2 Å². The van der Waals surface area contributed by atoms with Crippen LogP contribution in [0.2, 0.25) is 0 Å². The molecule has 0 radical (unpaired) electrons. The van der Waals surface area contributed by atoms with Crippen molar-refractivity contribution >= 4 is 30.7 Å². The first kappa shape index (κ1) is 23.4. The van der Waals surface area contributed by atoms with E-state index in [0.717, 1.165) is 32.5 Å². The molecular formula is C19H26Cl2FN3O2. The zero-order valence-corrected chi connectivity index (χ0v) is 17.0. The van der Waals surface area contributed by atoms with Crippen LogP contribution in [-0.4, -0.2) is 41.5 Å². The van der Waals surface area contributed by atoms with Gasteiger partial charge in [0.25, 0.3) is 0 Å². The van der Waals surface area contributed by atoms with Crippen LogP contribution in [0.3, 0.4) is 0 Å². The summed E-state index contributed by atoms with van der Waals surface area (Å²) in [4.78, 5) is 18.8. The van der Waals surface area contributed by atoms with Gasteiger partial charge in [-0.3, -0.25) is 4.79 Å². The molecule has 150 valence electrons. The summed E-state index contributed by atoms with van der Waals surface area (Å²) in [5.41, 5.74) is 0.386. The highest BCUT2D eigenvalue weighted by atomic mass is 35.5. The first-order valence-corrected chi connectivity index (χ1v) is 8.89. The average Bonchev–Trinajstić information content (AvgIpc) is 3.30. The maximum atomic E-state index is 13.8. The number of carbonyl (C=O) groups excluding carboxylic acids is 1. The molecule has 1 unspecified atom stereocenters. The quantitative estimate of drug-likeness (QED) is 0.742. The summed E-state index contributed by atoms with van der Waals surface area (Å²) in [7, 11) is 0. The number of aryl methyl sites for hydroxylation is 1. The minimum absolute atomic E-state index is 0. The Morgan fingerprint density at radius 2 is 2.15 bits per heavy atom. The summed E-state index contributed by atoms with van der Waals surface area (Å²) in [6.07, 6.45) is 4.24. The molecule has 2 aromatic rings. The van der Waals surface area contributed by atoms with Crippen molar-refractivity contribution in [1.29, 1.82) is 0 Å². The van der Waals surface area contributed by atoms with E-state index in [0.29, 0.717) is 30.1 Å². The number of benzene rings is 1. The lowest BCUT2D eigenvalue weighted by atomic mass is 10.1. The molecule has 1 fully saturated rings. The van der Waals surface area contributed by atoms with Crippen LogP contribution in [0, 0.1) is 5.82 Å². The highest BCUT2D eigenvalue weighted by Gasteiger charge is 2.25. The third-order valence-corrected chi connectivity index (χ3v) is 4.51. The molecular weight excluding hydrogens is 392 g/mol. The van der Waals surface area contributed by atoms with Crippen molar-refractivity contribution in [1.82, 2.24) is 15.2 Å². The van der Waals surface area contributed by atoms with Crippen molar-refractivity contribution in [2.75, 3.05) is 19.6 Å². The largest absolute Gasteiger partial charge is 0.441 e. The van der Waals surface area contributed by atoms with Gasteiger partial charge >= 0.3 is 0 Å². The maximum absolute atomic E-state index is 13.8. The van der Waals surface area contributed by atoms with E-state index >= 15 is 0 Å².